The van der Waals surface area contributed by atoms with Crippen LogP contribution in [0, 0.1) is 0 Å². The van der Waals surface area contributed by atoms with E-state index in [0.29, 0.717) is 10.0 Å². The second kappa shape index (κ2) is 12.0. The summed E-state index contributed by atoms with van der Waals surface area (Å²) in [6, 6.07) is 21.0. The first-order chi connectivity index (χ1) is 16.0. The summed E-state index contributed by atoms with van der Waals surface area (Å²) >= 11 is 13.7. The second-order valence-electron chi connectivity index (χ2n) is 7.26. The van der Waals surface area contributed by atoms with Gasteiger partial charge in [-0.3, -0.25) is 15.1 Å². The number of thiophene rings is 1. The molecule has 0 radical (unpaired) electrons. The third kappa shape index (κ3) is 6.81. The number of rotatable bonds is 6. The topological polar surface area (TPSA) is 80.4 Å². The largest absolute Gasteiger partial charge is 0.370 e. The maximum Gasteiger partial charge on any atom is 0.231 e. The Morgan fingerprint density at radius 3 is 2.26 bits per heavy atom. The third-order valence-electron chi connectivity index (χ3n) is 4.83. The number of halogens is 3. The van der Waals surface area contributed by atoms with E-state index in [4.69, 9.17) is 33.9 Å². The first kappa shape index (κ1) is 25.7. The van der Waals surface area contributed by atoms with Crippen LogP contribution in [0.3, 0.4) is 0 Å². The molecule has 2 aromatic heterocycles. The van der Waals surface area contributed by atoms with Crippen LogP contribution in [-0.4, -0.2) is 16.9 Å². The van der Waals surface area contributed by atoms with Gasteiger partial charge in [0.15, 0.2) is 5.96 Å². The lowest BCUT2D eigenvalue weighted by Crippen LogP contribution is -2.37. The van der Waals surface area contributed by atoms with Crippen molar-refractivity contribution in [2.45, 2.75) is 13.0 Å². The lowest BCUT2D eigenvalue weighted by atomic mass is 9.98. The molecule has 0 bridgehead atoms. The molecular formula is C25H21Cl3N4OS. The molecule has 1 amide bonds. The molecule has 174 valence electrons. The van der Waals surface area contributed by atoms with E-state index in [1.165, 1.54) is 11.3 Å². The summed E-state index contributed by atoms with van der Waals surface area (Å²) in [4.78, 5) is 22.1. The Bertz CT molecular complexity index is 1270. The highest BCUT2D eigenvalue weighted by atomic mass is 35.5. The summed E-state index contributed by atoms with van der Waals surface area (Å²) in [5.41, 5.74) is 10.4. The molecule has 2 aromatic carbocycles. The number of aliphatic imine (C=N–C) groups is 1. The Labute approximate surface area is 218 Å². The van der Waals surface area contributed by atoms with Crippen molar-refractivity contribution < 1.29 is 4.79 Å². The molecule has 0 spiro atoms. The van der Waals surface area contributed by atoms with Gasteiger partial charge in [0.05, 0.1) is 18.7 Å². The average Bonchev–Trinajstić information content (AvgIpc) is 3.31. The van der Waals surface area contributed by atoms with Crippen molar-refractivity contribution in [3.05, 3.63) is 98.8 Å². The van der Waals surface area contributed by atoms with E-state index in [-0.39, 0.29) is 37.2 Å². The van der Waals surface area contributed by atoms with Crippen LogP contribution in [0.2, 0.25) is 10.0 Å². The van der Waals surface area contributed by atoms with Gasteiger partial charge < -0.3 is 5.73 Å². The Kier molecular flexibility index (Phi) is 9.07. The van der Waals surface area contributed by atoms with Crippen LogP contribution in [0.4, 0.5) is 0 Å². The Morgan fingerprint density at radius 2 is 1.65 bits per heavy atom. The number of nitrogens with two attached hydrogens (primary N) is 1. The summed E-state index contributed by atoms with van der Waals surface area (Å²) < 4.78 is 0. The predicted molar refractivity (Wildman–Crippen MR) is 144 cm³/mol. The van der Waals surface area contributed by atoms with E-state index in [0.717, 1.165) is 32.8 Å². The van der Waals surface area contributed by atoms with Crippen LogP contribution >= 0.6 is 46.9 Å². The van der Waals surface area contributed by atoms with Crippen molar-refractivity contribution in [2.24, 2.45) is 10.7 Å². The van der Waals surface area contributed by atoms with E-state index in [1.807, 2.05) is 72.1 Å². The van der Waals surface area contributed by atoms with Gasteiger partial charge in [-0.2, -0.15) is 0 Å². The summed E-state index contributed by atoms with van der Waals surface area (Å²) in [5, 5.41) is 5.88. The molecule has 4 rings (SSSR count). The lowest BCUT2D eigenvalue weighted by molar-refractivity contribution is -0.119. The molecule has 2 heterocycles. The van der Waals surface area contributed by atoms with E-state index in [9.17, 15) is 4.79 Å². The first-order valence-corrected chi connectivity index (χ1v) is 11.7. The fourth-order valence-electron chi connectivity index (χ4n) is 3.26. The number of nitrogens with one attached hydrogen (secondary N) is 1. The number of carbonyl (C=O) groups is 1. The lowest BCUT2D eigenvalue weighted by Gasteiger charge is -2.12. The molecule has 0 aliphatic carbocycles. The SMILES string of the molecule is Cl.NC(=NCc1cnc(-c2ccc(Cl)cc2)c(-c2ccc(Cl)cc2)c1)NC(=O)Cc1cccs1. The highest BCUT2D eigenvalue weighted by Gasteiger charge is 2.11. The molecule has 0 aliphatic heterocycles. The van der Waals surface area contributed by atoms with Gasteiger partial charge in [0.25, 0.3) is 0 Å². The third-order valence-corrected chi connectivity index (χ3v) is 6.21. The second-order valence-corrected chi connectivity index (χ2v) is 9.16. The quantitative estimate of drug-likeness (QED) is 0.224. The van der Waals surface area contributed by atoms with E-state index in [2.05, 4.69) is 10.3 Å². The number of nitrogens with zero attached hydrogens (tertiary/aromatic N) is 2. The van der Waals surface area contributed by atoms with Crippen LogP contribution in [0.5, 0.6) is 0 Å². The summed E-state index contributed by atoms with van der Waals surface area (Å²) in [7, 11) is 0. The van der Waals surface area contributed by atoms with Crippen molar-refractivity contribution >= 4 is 58.8 Å². The Balaban J connectivity index is 0.00000324. The Hall–Kier alpha value is -2.90. The smallest absolute Gasteiger partial charge is 0.231 e. The van der Waals surface area contributed by atoms with Crippen LogP contribution in [-0.2, 0) is 17.8 Å². The fourth-order valence-corrected chi connectivity index (χ4v) is 4.21. The molecule has 9 heteroatoms. The molecule has 0 saturated heterocycles. The number of amides is 1. The number of aromatic nitrogens is 1. The van der Waals surface area contributed by atoms with Gasteiger partial charge >= 0.3 is 0 Å². The average molecular weight is 532 g/mol. The van der Waals surface area contributed by atoms with Crippen LogP contribution in [0.1, 0.15) is 10.4 Å². The van der Waals surface area contributed by atoms with Gasteiger partial charge in [-0.1, -0.05) is 53.5 Å². The van der Waals surface area contributed by atoms with Gasteiger partial charge in [-0.25, -0.2) is 4.99 Å². The molecule has 3 N–H and O–H groups in total. The summed E-state index contributed by atoms with van der Waals surface area (Å²) in [6.07, 6.45) is 2.03. The van der Waals surface area contributed by atoms with Gasteiger partial charge in [-0.15, -0.1) is 23.7 Å². The Morgan fingerprint density at radius 1 is 1.00 bits per heavy atom. The molecule has 4 aromatic rings. The molecule has 0 fully saturated rings. The normalized spacial score (nSPS) is 11.1. The predicted octanol–water partition coefficient (Wildman–Crippen LogP) is 6.38. The minimum absolute atomic E-state index is 0. The van der Waals surface area contributed by atoms with Crippen molar-refractivity contribution in [2.75, 3.05) is 0 Å². The first-order valence-electron chi connectivity index (χ1n) is 10.1. The number of guanidine groups is 1. The zero-order valence-corrected chi connectivity index (χ0v) is 21.0. The number of benzene rings is 2. The standard InChI is InChI=1S/C25H20Cl2N4OS.ClH/c26-19-7-3-17(4-8-19)22-12-16(14-29-24(22)18-5-9-20(27)10-6-18)15-30-25(28)31-23(32)13-21-2-1-11-33-21;/h1-12,14H,13,15H2,(H3,28,30,31,32);1H. The minimum atomic E-state index is -0.197. The van der Waals surface area contributed by atoms with Crippen molar-refractivity contribution in [3.8, 4) is 22.4 Å². The zero-order valence-electron chi connectivity index (χ0n) is 17.9. The molecule has 0 atom stereocenters. The zero-order chi connectivity index (χ0) is 23.2. The van der Waals surface area contributed by atoms with Gasteiger partial charge in [0.2, 0.25) is 5.91 Å². The van der Waals surface area contributed by atoms with Crippen molar-refractivity contribution in [1.29, 1.82) is 0 Å². The van der Waals surface area contributed by atoms with E-state index < -0.39 is 0 Å². The van der Waals surface area contributed by atoms with E-state index >= 15 is 0 Å². The fraction of sp³-hybridized carbons (Fsp3) is 0.0800. The number of carbonyl (C=O) groups excluding carboxylic acids is 1. The van der Waals surface area contributed by atoms with Crippen molar-refractivity contribution in [1.82, 2.24) is 10.3 Å². The molecule has 0 unspecified atom stereocenters. The molecule has 5 nitrogen and oxygen atoms in total. The van der Waals surface area contributed by atoms with Gasteiger partial charge in [0.1, 0.15) is 0 Å². The molecule has 0 aliphatic rings. The highest BCUT2D eigenvalue weighted by Crippen LogP contribution is 2.32. The number of pyridine rings is 1. The number of hydrogen-bond acceptors (Lipinski definition) is 4. The van der Waals surface area contributed by atoms with Crippen LogP contribution in [0.25, 0.3) is 22.4 Å². The van der Waals surface area contributed by atoms with Crippen molar-refractivity contribution in [3.63, 3.8) is 0 Å². The van der Waals surface area contributed by atoms with Gasteiger partial charge in [0, 0.05) is 32.2 Å². The highest BCUT2D eigenvalue weighted by molar-refractivity contribution is 7.10. The maximum atomic E-state index is 12.1. The van der Waals surface area contributed by atoms with E-state index in [1.54, 1.807) is 6.20 Å². The number of hydrogen-bond donors (Lipinski definition) is 2. The monoisotopic (exact) mass is 530 g/mol. The molecule has 34 heavy (non-hydrogen) atoms. The van der Waals surface area contributed by atoms with Crippen LogP contribution < -0.4 is 11.1 Å². The summed E-state index contributed by atoms with van der Waals surface area (Å²) in [5.74, 6) is -0.122. The minimum Gasteiger partial charge on any atom is -0.370 e. The van der Waals surface area contributed by atoms with Crippen LogP contribution in [0.15, 0.2) is 83.3 Å². The maximum absolute atomic E-state index is 12.1. The van der Waals surface area contributed by atoms with Gasteiger partial charge in [-0.05, 0) is 52.9 Å². The molecular weight excluding hydrogens is 511 g/mol. The summed E-state index contributed by atoms with van der Waals surface area (Å²) in [6.45, 7) is 0.277. The molecule has 0 saturated carbocycles.